The van der Waals surface area contributed by atoms with Gasteiger partial charge in [-0.05, 0) is 24.8 Å². The van der Waals surface area contributed by atoms with Gasteiger partial charge in [-0.2, -0.15) is 5.10 Å². The van der Waals surface area contributed by atoms with Gasteiger partial charge in [-0.25, -0.2) is 0 Å². The number of aromatic nitrogens is 2. The summed E-state index contributed by atoms with van der Waals surface area (Å²) in [6.45, 7) is 1.71. The van der Waals surface area contributed by atoms with Gasteiger partial charge in [-0.3, -0.25) is 9.48 Å². The van der Waals surface area contributed by atoms with Crippen molar-refractivity contribution in [3.63, 3.8) is 0 Å². The molecule has 1 aromatic heterocycles. The van der Waals surface area contributed by atoms with Crippen molar-refractivity contribution in [2.75, 3.05) is 18.4 Å². The Bertz CT molecular complexity index is 637. The zero-order valence-corrected chi connectivity index (χ0v) is 13.1. The van der Waals surface area contributed by atoms with E-state index in [1.807, 2.05) is 36.2 Å². The van der Waals surface area contributed by atoms with Crippen LogP contribution in [0.25, 0.3) is 10.9 Å². The average molecular weight is 336 g/mol. The fourth-order valence-corrected chi connectivity index (χ4v) is 3.58. The molecule has 20 heavy (non-hydrogen) atoms. The number of halogens is 1. The first-order valence-electron chi connectivity index (χ1n) is 6.97. The molecule has 3 rings (SSSR count). The molecular weight excluding hydrogens is 318 g/mol. The lowest BCUT2D eigenvalue weighted by Crippen LogP contribution is -2.29. The van der Waals surface area contributed by atoms with Crippen molar-refractivity contribution in [2.45, 2.75) is 12.8 Å². The minimum atomic E-state index is 0.0684. The highest BCUT2D eigenvalue weighted by Gasteiger charge is 2.29. The van der Waals surface area contributed by atoms with Gasteiger partial charge in [0.15, 0.2) is 5.69 Å². The van der Waals surface area contributed by atoms with Gasteiger partial charge < -0.3 is 4.90 Å². The molecule has 0 spiro atoms. The first-order chi connectivity index (χ1) is 9.70. The number of likely N-dealkylation sites (tertiary alicyclic amines) is 1. The van der Waals surface area contributed by atoms with Crippen LogP contribution in [0.2, 0.25) is 0 Å². The molecule has 0 saturated carbocycles. The van der Waals surface area contributed by atoms with Gasteiger partial charge in [0, 0.05) is 30.9 Å². The predicted octanol–water partition coefficient (Wildman–Crippen LogP) is 2.82. The summed E-state index contributed by atoms with van der Waals surface area (Å²) in [5.41, 5.74) is 1.59. The third-order valence-electron chi connectivity index (χ3n) is 4.05. The molecule has 0 N–H and O–H groups in total. The number of carbonyl (C=O) groups is 1. The van der Waals surface area contributed by atoms with Crippen molar-refractivity contribution >= 4 is 32.7 Å². The molecule has 2 aromatic rings. The van der Waals surface area contributed by atoms with Crippen LogP contribution in [0.5, 0.6) is 0 Å². The topological polar surface area (TPSA) is 38.1 Å². The summed E-state index contributed by atoms with van der Waals surface area (Å²) in [7, 11) is 1.89. The predicted molar refractivity (Wildman–Crippen MR) is 83.1 cm³/mol. The molecule has 1 aliphatic heterocycles. The minimum Gasteiger partial charge on any atom is -0.337 e. The van der Waals surface area contributed by atoms with E-state index in [9.17, 15) is 4.79 Å². The summed E-state index contributed by atoms with van der Waals surface area (Å²) in [6.07, 6.45) is 2.23. The van der Waals surface area contributed by atoms with Crippen LogP contribution < -0.4 is 0 Å². The molecule has 1 aromatic carbocycles. The van der Waals surface area contributed by atoms with Crippen molar-refractivity contribution < 1.29 is 4.79 Å². The molecule has 1 atom stereocenters. The SMILES string of the molecule is Cn1nc(C(=O)N2CCC(CCBr)C2)c2ccccc21. The number of amides is 1. The molecule has 1 amide bonds. The largest absolute Gasteiger partial charge is 0.337 e. The molecule has 1 aliphatic rings. The first-order valence-corrected chi connectivity index (χ1v) is 8.10. The Kier molecular flexibility index (Phi) is 3.78. The summed E-state index contributed by atoms with van der Waals surface area (Å²) < 4.78 is 1.79. The van der Waals surface area contributed by atoms with Crippen molar-refractivity contribution in [3.05, 3.63) is 30.0 Å². The van der Waals surface area contributed by atoms with E-state index in [1.165, 1.54) is 0 Å². The van der Waals surface area contributed by atoms with Crippen LogP contribution in [0.4, 0.5) is 0 Å². The van der Waals surface area contributed by atoms with Crippen molar-refractivity contribution in [2.24, 2.45) is 13.0 Å². The number of nitrogens with zero attached hydrogens (tertiary/aromatic N) is 3. The van der Waals surface area contributed by atoms with Crippen molar-refractivity contribution in [1.82, 2.24) is 14.7 Å². The number of fused-ring (bicyclic) bond motifs is 1. The molecule has 1 fully saturated rings. The maximum Gasteiger partial charge on any atom is 0.275 e. The van der Waals surface area contributed by atoms with E-state index in [0.29, 0.717) is 11.6 Å². The minimum absolute atomic E-state index is 0.0684. The second kappa shape index (κ2) is 5.56. The van der Waals surface area contributed by atoms with Gasteiger partial charge in [0.1, 0.15) is 0 Å². The fraction of sp³-hybridized carbons (Fsp3) is 0.467. The number of carbonyl (C=O) groups excluding carboxylic acids is 1. The van der Waals surface area contributed by atoms with Gasteiger partial charge in [0.05, 0.1) is 5.52 Å². The molecule has 4 nitrogen and oxygen atoms in total. The van der Waals surface area contributed by atoms with Crippen LogP contribution in [0, 0.1) is 5.92 Å². The monoisotopic (exact) mass is 335 g/mol. The van der Waals surface area contributed by atoms with Crippen LogP contribution in [-0.2, 0) is 7.05 Å². The summed E-state index contributed by atoms with van der Waals surface area (Å²) >= 11 is 3.48. The molecule has 1 unspecified atom stereocenters. The lowest BCUT2D eigenvalue weighted by molar-refractivity contribution is 0.0782. The number of alkyl halides is 1. The number of aryl methyl sites for hydroxylation is 1. The molecule has 0 radical (unpaired) electrons. The van der Waals surface area contributed by atoms with E-state index in [4.69, 9.17) is 0 Å². The summed E-state index contributed by atoms with van der Waals surface area (Å²) in [6, 6.07) is 7.90. The van der Waals surface area contributed by atoms with Gasteiger partial charge >= 0.3 is 0 Å². The Morgan fingerprint density at radius 3 is 3.05 bits per heavy atom. The molecule has 1 saturated heterocycles. The quantitative estimate of drug-likeness (QED) is 0.809. The Morgan fingerprint density at radius 1 is 1.45 bits per heavy atom. The Morgan fingerprint density at radius 2 is 2.25 bits per heavy atom. The van der Waals surface area contributed by atoms with E-state index in [0.717, 1.165) is 42.2 Å². The number of para-hydroxylation sites is 1. The van der Waals surface area contributed by atoms with Gasteiger partial charge in [-0.15, -0.1) is 0 Å². The molecular formula is C15H18BrN3O. The highest BCUT2D eigenvalue weighted by atomic mass is 79.9. The molecule has 5 heteroatoms. The van der Waals surface area contributed by atoms with E-state index in [1.54, 1.807) is 4.68 Å². The zero-order chi connectivity index (χ0) is 14.1. The lowest BCUT2D eigenvalue weighted by atomic mass is 10.1. The van der Waals surface area contributed by atoms with E-state index in [-0.39, 0.29) is 5.91 Å². The lowest BCUT2D eigenvalue weighted by Gasteiger charge is -2.15. The van der Waals surface area contributed by atoms with Crippen LogP contribution in [0.3, 0.4) is 0 Å². The van der Waals surface area contributed by atoms with Crippen molar-refractivity contribution in [3.8, 4) is 0 Å². The van der Waals surface area contributed by atoms with Crippen LogP contribution in [-0.4, -0.2) is 39.0 Å². The second-order valence-corrected chi connectivity index (χ2v) is 6.17. The Labute approximate surface area is 126 Å². The Balaban J connectivity index is 1.86. The summed E-state index contributed by atoms with van der Waals surface area (Å²) in [4.78, 5) is 14.6. The number of benzene rings is 1. The third kappa shape index (κ3) is 2.35. The van der Waals surface area contributed by atoms with Gasteiger partial charge in [0.25, 0.3) is 5.91 Å². The maximum absolute atomic E-state index is 12.7. The Hall–Kier alpha value is -1.36. The van der Waals surface area contributed by atoms with Crippen LogP contribution in [0.15, 0.2) is 24.3 Å². The summed E-state index contributed by atoms with van der Waals surface area (Å²) in [5, 5.41) is 6.38. The third-order valence-corrected chi connectivity index (χ3v) is 4.51. The number of hydrogen-bond donors (Lipinski definition) is 0. The van der Waals surface area contributed by atoms with Crippen molar-refractivity contribution in [1.29, 1.82) is 0 Å². The van der Waals surface area contributed by atoms with Crippen LogP contribution >= 0.6 is 15.9 Å². The zero-order valence-electron chi connectivity index (χ0n) is 11.6. The van der Waals surface area contributed by atoms with E-state index < -0.39 is 0 Å². The van der Waals surface area contributed by atoms with Crippen LogP contribution in [0.1, 0.15) is 23.3 Å². The van der Waals surface area contributed by atoms with Gasteiger partial charge in [0.2, 0.25) is 0 Å². The summed E-state index contributed by atoms with van der Waals surface area (Å²) in [5.74, 6) is 0.687. The van der Waals surface area contributed by atoms with Gasteiger partial charge in [-0.1, -0.05) is 34.1 Å². The van der Waals surface area contributed by atoms with E-state index >= 15 is 0 Å². The number of rotatable bonds is 3. The standard InChI is InChI=1S/C15H18BrN3O/c1-18-13-5-3-2-4-12(13)14(17-18)15(20)19-9-7-11(10-19)6-8-16/h2-5,11H,6-10H2,1H3. The molecule has 106 valence electrons. The highest BCUT2D eigenvalue weighted by molar-refractivity contribution is 9.09. The molecule has 0 bridgehead atoms. The average Bonchev–Trinajstić information content (AvgIpc) is 3.05. The maximum atomic E-state index is 12.7. The molecule has 0 aliphatic carbocycles. The number of hydrogen-bond acceptors (Lipinski definition) is 2. The van der Waals surface area contributed by atoms with E-state index in [2.05, 4.69) is 21.0 Å². The first kappa shape index (κ1) is 13.6. The highest BCUT2D eigenvalue weighted by Crippen LogP contribution is 2.24. The smallest absolute Gasteiger partial charge is 0.275 e. The fourth-order valence-electron chi connectivity index (χ4n) is 2.93. The normalized spacial score (nSPS) is 18.9. The molecule has 2 heterocycles. The second-order valence-electron chi connectivity index (χ2n) is 5.37.